The lowest BCUT2D eigenvalue weighted by atomic mass is 10.2. The quantitative estimate of drug-likeness (QED) is 0.393. The Morgan fingerprint density at radius 2 is 1.70 bits per heavy atom. The first kappa shape index (κ1) is 26.8. The molecule has 0 atom stereocenters. The van der Waals surface area contributed by atoms with Crippen molar-refractivity contribution in [2.45, 2.75) is 23.1 Å². The van der Waals surface area contributed by atoms with Crippen LogP contribution in [0.5, 0.6) is 0 Å². The molecule has 196 valence electrons. The van der Waals surface area contributed by atoms with Crippen LogP contribution in [0.15, 0.2) is 82.6 Å². The Morgan fingerprint density at radius 3 is 2.49 bits per heavy atom. The highest BCUT2D eigenvalue weighted by molar-refractivity contribution is 7.92. The number of nitrogens with one attached hydrogen (secondary N) is 1. The number of fused-ring (bicyclic) bond motifs is 1. The number of carbonyl (C=O) groups excluding carboxylic acids is 1. The number of amides is 1. The largest absolute Gasteiger partial charge is 0.380 e. The predicted molar refractivity (Wildman–Crippen MR) is 142 cm³/mol. The molecule has 0 radical (unpaired) electrons. The van der Waals surface area contributed by atoms with Gasteiger partial charge in [-0.3, -0.25) is 9.10 Å². The number of anilines is 2. The van der Waals surface area contributed by atoms with Gasteiger partial charge in [0, 0.05) is 38.0 Å². The Morgan fingerprint density at radius 1 is 0.973 bits per heavy atom. The van der Waals surface area contributed by atoms with Gasteiger partial charge < -0.3 is 10.1 Å². The topological polar surface area (TPSA) is 113 Å². The van der Waals surface area contributed by atoms with Gasteiger partial charge in [-0.15, -0.1) is 0 Å². The van der Waals surface area contributed by atoms with Crippen molar-refractivity contribution in [1.82, 2.24) is 4.31 Å². The zero-order chi connectivity index (χ0) is 26.6. The Bertz CT molecular complexity index is 1510. The molecule has 11 heteroatoms. The van der Waals surface area contributed by atoms with Crippen molar-refractivity contribution in [3.8, 4) is 0 Å². The second kappa shape index (κ2) is 11.0. The van der Waals surface area contributed by atoms with Crippen LogP contribution in [0.1, 0.15) is 22.8 Å². The molecule has 9 nitrogen and oxygen atoms in total. The number of para-hydroxylation sites is 1. The summed E-state index contributed by atoms with van der Waals surface area (Å²) in [6.45, 7) is 3.11. The van der Waals surface area contributed by atoms with Gasteiger partial charge in [-0.25, -0.2) is 16.8 Å². The SMILES string of the molecule is CCOCCN(C)S(=O)(=O)c1cccc(NC(=O)c2cccc(S(=O)(=O)N3CCc4ccccc43)c2)c1. The summed E-state index contributed by atoms with van der Waals surface area (Å²) in [5.41, 5.74) is 2.00. The zero-order valence-electron chi connectivity index (χ0n) is 20.6. The van der Waals surface area contributed by atoms with Crippen LogP contribution in [0.2, 0.25) is 0 Å². The summed E-state index contributed by atoms with van der Waals surface area (Å²) in [4.78, 5) is 13.0. The van der Waals surface area contributed by atoms with E-state index in [0.717, 1.165) is 5.56 Å². The van der Waals surface area contributed by atoms with Crippen LogP contribution in [0, 0.1) is 0 Å². The molecule has 1 N–H and O–H groups in total. The third-order valence-corrected chi connectivity index (χ3v) is 9.75. The van der Waals surface area contributed by atoms with Crippen LogP contribution in [0.3, 0.4) is 0 Å². The standard InChI is InChI=1S/C26H29N3O6S2/c1-3-35-17-16-28(2)36(31,32)24-12-7-10-22(19-24)27-26(30)21-9-6-11-23(18-21)37(33,34)29-15-14-20-8-4-5-13-25(20)29/h4-13,18-19H,3,14-17H2,1-2H3,(H,27,30). The molecular formula is C26H29N3O6S2. The molecule has 0 saturated heterocycles. The van der Waals surface area contributed by atoms with Crippen LogP contribution in [0.4, 0.5) is 11.4 Å². The Labute approximate surface area is 217 Å². The van der Waals surface area contributed by atoms with Crippen molar-refractivity contribution in [2.24, 2.45) is 0 Å². The second-order valence-electron chi connectivity index (χ2n) is 8.49. The summed E-state index contributed by atoms with van der Waals surface area (Å²) in [6.07, 6.45) is 0.621. The van der Waals surface area contributed by atoms with Gasteiger partial charge in [0.15, 0.2) is 0 Å². The summed E-state index contributed by atoms with van der Waals surface area (Å²) < 4.78 is 60.3. The average Bonchev–Trinajstić information content (AvgIpc) is 3.34. The molecule has 0 bridgehead atoms. The van der Waals surface area contributed by atoms with Gasteiger partial charge in [0.05, 0.1) is 22.1 Å². The first-order chi connectivity index (χ1) is 17.6. The van der Waals surface area contributed by atoms with Crippen molar-refractivity contribution < 1.29 is 26.4 Å². The van der Waals surface area contributed by atoms with Crippen molar-refractivity contribution in [3.05, 3.63) is 83.9 Å². The molecule has 0 fully saturated rings. The van der Waals surface area contributed by atoms with E-state index in [1.54, 1.807) is 18.2 Å². The van der Waals surface area contributed by atoms with Crippen LogP contribution in [-0.2, 0) is 31.2 Å². The minimum Gasteiger partial charge on any atom is -0.380 e. The maximum atomic E-state index is 13.4. The molecule has 0 spiro atoms. The van der Waals surface area contributed by atoms with E-state index in [-0.39, 0.29) is 34.2 Å². The smallest absolute Gasteiger partial charge is 0.264 e. The van der Waals surface area contributed by atoms with E-state index in [1.807, 2.05) is 19.1 Å². The summed E-state index contributed by atoms with van der Waals surface area (Å²) in [7, 11) is -6.19. The highest BCUT2D eigenvalue weighted by Gasteiger charge is 2.31. The molecule has 0 saturated carbocycles. The number of sulfonamides is 2. The van der Waals surface area contributed by atoms with Gasteiger partial charge in [-0.2, -0.15) is 4.31 Å². The third kappa shape index (κ3) is 5.69. The van der Waals surface area contributed by atoms with Gasteiger partial charge >= 0.3 is 0 Å². The molecule has 1 amide bonds. The fourth-order valence-electron chi connectivity index (χ4n) is 4.06. The molecule has 0 aliphatic carbocycles. The molecule has 1 aliphatic heterocycles. The van der Waals surface area contributed by atoms with Crippen LogP contribution >= 0.6 is 0 Å². The number of rotatable bonds is 10. The molecular weight excluding hydrogens is 514 g/mol. The molecule has 1 heterocycles. The first-order valence-corrected chi connectivity index (χ1v) is 14.7. The van der Waals surface area contributed by atoms with Gasteiger partial charge in [0.25, 0.3) is 15.9 Å². The highest BCUT2D eigenvalue weighted by atomic mass is 32.2. The van der Waals surface area contributed by atoms with E-state index < -0.39 is 26.0 Å². The fraction of sp³-hybridized carbons (Fsp3) is 0.269. The maximum absolute atomic E-state index is 13.4. The number of hydrogen-bond acceptors (Lipinski definition) is 6. The molecule has 4 rings (SSSR count). The molecule has 1 aliphatic rings. The van der Waals surface area contributed by atoms with Gasteiger partial charge in [0.1, 0.15) is 0 Å². The van der Waals surface area contributed by atoms with E-state index in [4.69, 9.17) is 4.74 Å². The summed E-state index contributed by atoms with van der Waals surface area (Å²) in [6, 6.07) is 19.1. The van der Waals surface area contributed by atoms with Gasteiger partial charge in [0.2, 0.25) is 10.0 Å². The van der Waals surface area contributed by atoms with Crippen LogP contribution < -0.4 is 9.62 Å². The van der Waals surface area contributed by atoms with Crippen molar-refractivity contribution in [1.29, 1.82) is 0 Å². The summed E-state index contributed by atoms with van der Waals surface area (Å²) in [5.74, 6) is -0.557. The molecule has 0 aromatic heterocycles. The lowest BCUT2D eigenvalue weighted by molar-refractivity contribution is 0.102. The second-order valence-corrected chi connectivity index (χ2v) is 12.4. The number of carbonyl (C=O) groups is 1. The number of hydrogen-bond donors (Lipinski definition) is 1. The number of nitrogens with zero attached hydrogens (tertiary/aromatic N) is 2. The van der Waals surface area contributed by atoms with Gasteiger partial charge in [-0.1, -0.05) is 30.3 Å². The van der Waals surface area contributed by atoms with Crippen molar-refractivity contribution in [2.75, 3.05) is 43.0 Å². The Hall–Kier alpha value is -3.25. The minimum absolute atomic E-state index is 0.00380. The van der Waals surface area contributed by atoms with Crippen molar-refractivity contribution in [3.63, 3.8) is 0 Å². The minimum atomic E-state index is -3.87. The normalized spacial score (nSPS) is 13.5. The molecule has 0 unspecified atom stereocenters. The lowest BCUT2D eigenvalue weighted by Gasteiger charge is -2.20. The summed E-state index contributed by atoms with van der Waals surface area (Å²) >= 11 is 0. The first-order valence-electron chi connectivity index (χ1n) is 11.8. The molecule has 3 aromatic carbocycles. The maximum Gasteiger partial charge on any atom is 0.264 e. The van der Waals surface area contributed by atoms with E-state index in [9.17, 15) is 21.6 Å². The fourth-order valence-corrected chi connectivity index (χ4v) is 6.81. The monoisotopic (exact) mass is 543 g/mol. The molecule has 3 aromatic rings. The van der Waals surface area contributed by atoms with E-state index in [1.165, 1.54) is 58.1 Å². The molecule has 37 heavy (non-hydrogen) atoms. The van der Waals surface area contributed by atoms with E-state index in [2.05, 4.69) is 5.32 Å². The zero-order valence-corrected chi connectivity index (χ0v) is 22.3. The highest BCUT2D eigenvalue weighted by Crippen LogP contribution is 2.33. The van der Waals surface area contributed by atoms with E-state index in [0.29, 0.717) is 25.3 Å². The number of benzene rings is 3. The van der Waals surface area contributed by atoms with E-state index >= 15 is 0 Å². The van der Waals surface area contributed by atoms with Crippen molar-refractivity contribution >= 4 is 37.3 Å². The average molecular weight is 544 g/mol. The number of ether oxygens (including phenoxy) is 1. The number of likely N-dealkylation sites (N-methyl/N-ethyl adjacent to an activating group) is 1. The Kier molecular flexibility index (Phi) is 7.98. The van der Waals surface area contributed by atoms with Gasteiger partial charge in [-0.05, 0) is 61.4 Å². The van der Waals surface area contributed by atoms with Crippen LogP contribution in [0.25, 0.3) is 0 Å². The Balaban J connectivity index is 1.52. The summed E-state index contributed by atoms with van der Waals surface area (Å²) in [5, 5.41) is 2.67. The van der Waals surface area contributed by atoms with Crippen LogP contribution in [-0.4, -0.2) is 60.4 Å². The third-order valence-electron chi connectivity index (χ3n) is 6.08. The lowest BCUT2D eigenvalue weighted by Crippen LogP contribution is -2.30. The predicted octanol–water partition coefficient (Wildman–Crippen LogP) is 3.35.